The van der Waals surface area contributed by atoms with Gasteiger partial charge in [-0.1, -0.05) is 30.3 Å². The van der Waals surface area contributed by atoms with E-state index in [4.69, 9.17) is 9.47 Å². The molecule has 1 saturated heterocycles. The number of carbonyl (C=O) groups is 1. The zero-order valence-electron chi connectivity index (χ0n) is 16.3. The van der Waals surface area contributed by atoms with Crippen LogP contribution in [0.1, 0.15) is 12.0 Å². The van der Waals surface area contributed by atoms with Crippen LogP contribution in [0.3, 0.4) is 0 Å². The molecule has 2 aromatic rings. The van der Waals surface area contributed by atoms with Crippen molar-refractivity contribution in [1.29, 1.82) is 0 Å². The van der Waals surface area contributed by atoms with Crippen LogP contribution in [0.2, 0.25) is 0 Å². The molecule has 1 heterocycles. The third-order valence-corrected chi connectivity index (χ3v) is 6.74. The van der Waals surface area contributed by atoms with Crippen molar-refractivity contribution in [3.05, 3.63) is 60.2 Å². The second-order valence-electron chi connectivity index (χ2n) is 6.89. The number of hydrogen-bond donors (Lipinski definition) is 3. The molecule has 0 aliphatic carbocycles. The Hall–Kier alpha value is -2.50. The van der Waals surface area contributed by atoms with Crippen molar-refractivity contribution < 1.29 is 33.0 Å². The summed E-state index contributed by atoms with van der Waals surface area (Å²) in [5.74, 6) is -0.461. The second kappa shape index (κ2) is 9.54. The number of ether oxygens (including phenoxy) is 2. The predicted octanol–water partition coefficient (Wildman–Crippen LogP) is 0.910. The van der Waals surface area contributed by atoms with E-state index >= 15 is 0 Å². The number of hydrogen-bond acceptors (Lipinski definition) is 7. The van der Waals surface area contributed by atoms with Gasteiger partial charge < -0.3 is 14.6 Å². The molecule has 0 saturated carbocycles. The first-order valence-electron chi connectivity index (χ1n) is 9.30. The maximum Gasteiger partial charge on any atom is 0.264 e. The third kappa shape index (κ3) is 4.79. The number of carbonyl (C=O) groups excluding carboxylic acids is 1. The van der Waals surface area contributed by atoms with Crippen LogP contribution in [-0.4, -0.2) is 60.9 Å². The number of methoxy groups -OCH3 is 1. The normalized spacial score (nSPS) is 20.1. The monoisotopic (exact) mass is 436 g/mol. The van der Waals surface area contributed by atoms with Gasteiger partial charge in [0, 0.05) is 13.0 Å². The molecule has 0 spiro atoms. The molecule has 3 N–H and O–H groups in total. The molecule has 3 rings (SSSR count). The van der Waals surface area contributed by atoms with Gasteiger partial charge in [0.05, 0.1) is 30.8 Å². The highest BCUT2D eigenvalue weighted by atomic mass is 32.2. The lowest BCUT2D eigenvalue weighted by molar-refractivity contribution is -0.137. The van der Waals surface area contributed by atoms with Gasteiger partial charge in [0.15, 0.2) is 0 Å². The Balaban J connectivity index is 2.06. The van der Waals surface area contributed by atoms with Gasteiger partial charge in [-0.3, -0.25) is 10.0 Å². The van der Waals surface area contributed by atoms with E-state index in [2.05, 4.69) is 0 Å². The predicted molar refractivity (Wildman–Crippen MR) is 106 cm³/mol. The van der Waals surface area contributed by atoms with Crippen molar-refractivity contribution in [1.82, 2.24) is 9.79 Å². The highest BCUT2D eigenvalue weighted by molar-refractivity contribution is 7.89. The second-order valence-corrected chi connectivity index (χ2v) is 8.78. The number of nitrogens with one attached hydrogen (secondary N) is 1. The van der Waals surface area contributed by atoms with Gasteiger partial charge >= 0.3 is 0 Å². The van der Waals surface area contributed by atoms with Crippen LogP contribution in [0.25, 0.3) is 0 Å². The van der Waals surface area contributed by atoms with E-state index in [-0.39, 0.29) is 24.5 Å². The lowest BCUT2D eigenvalue weighted by atomic mass is 10.1. The lowest BCUT2D eigenvalue weighted by Crippen LogP contribution is -2.54. The van der Waals surface area contributed by atoms with E-state index in [1.165, 1.54) is 36.9 Å². The number of amides is 1. The maximum absolute atomic E-state index is 13.5. The molecule has 30 heavy (non-hydrogen) atoms. The molecule has 1 aliphatic heterocycles. The minimum absolute atomic E-state index is 0.0262. The Morgan fingerprint density at radius 2 is 1.90 bits per heavy atom. The SMILES string of the molecule is COc1ccc(S(=O)(=O)N(Cc2ccccc2)[C@@H](C(=O)NO)[C@@H]2C[C@@H](O)CO2)cc1. The van der Waals surface area contributed by atoms with E-state index in [9.17, 15) is 23.5 Å². The molecular weight excluding hydrogens is 412 g/mol. The molecular formula is C20H24N2O7S. The summed E-state index contributed by atoms with van der Waals surface area (Å²) in [6.45, 7) is -0.162. The standard InChI is InChI=1S/C20H24N2O7S/c1-28-16-7-9-17(10-8-16)30(26,27)22(12-14-5-3-2-4-6-14)19(20(24)21-25)18-11-15(23)13-29-18/h2-10,15,18-19,23,25H,11-13H2,1H3,(H,21,24)/t15-,18+,19-/m1/s1. The summed E-state index contributed by atoms with van der Waals surface area (Å²) in [4.78, 5) is 12.5. The largest absolute Gasteiger partial charge is 0.497 e. The van der Waals surface area contributed by atoms with Crippen molar-refractivity contribution >= 4 is 15.9 Å². The minimum Gasteiger partial charge on any atom is -0.497 e. The molecule has 1 fully saturated rings. The number of hydroxylamine groups is 1. The quantitative estimate of drug-likeness (QED) is 0.415. The van der Waals surface area contributed by atoms with E-state index in [0.29, 0.717) is 11.3 Å². The number of rotatable bonds is 8. The number of nitrogens with zero attached hydrogens (tertiary/aromatic N) is 1. The summed E-state index contributed by atoms with van der Waals surface area (Å²) in [7, 11) is -2.72. The Morgan fingerprint density at radius 3 is 2.43 bits per heavy atom. The van der Waals surface area contributed by atoms with Gasteiger partial charge in [-0.25, -0.2) is 13.9 Å². The molecule has 0 unspecified atom stereocenters. The van der Waals surface area contributed by atoms with E-state index in [0.717, 1.165) is 4.31 Å². The molecule has 0 radical (unpaired) electrons. The van der Waals surface area contributed by atoms with Crippen LogP contribution in [0.15, 0.2) is 59.5 Å². The number of aliphatic hydroxyl groups is 1. The zero-order chi connectivity index (χ0) is 21.7. The summed E-state index contributed by atoms with van der Waals surface area (Å²) in [6, 6.07) is 13.1. The lowest BCUT2D eigenvalue weighted by Gasteiger charge is -2.32. The zero-order valence-corrected chi connectivity index (χ0v) is 17.2. The Morgan fingerprint density at radius 1 is 1.23 bits per heavy atom. The Bertz CT molecular complexity index is 951. The Kier molecular flexibility index (Phi) is 7.06. The molecule has 9 nitrogen and oxygen atoms in total. The summed E-state index contributed by atoms with van der Waals surface area (Å²) >= 11 is 0. The molecule has 0 bridgehead atoms. The van der Waals surface area contributed by atoms with Gasteiger partial charge in [-0.05, 0) is 29.8 Å². The molecule has 10 heteroatoms. The van der Waals surface area contributed by atoms with Crippen molar-refractivity contribution in [3.63, 3.8) is 0 Å². The van der Waals surface area contributed by atoms with Crippen molar-refractivity contribution in [2.45, 2.75) is 36.1 Å². The summed E-state index contributed by atoms with van der Waals surface area (Å²) in [5, 5.41) is 19.1. The van der Waals surface area contributed by atoms with Crippen LogP contribution in [0.4, 0.5) is 0 Å². The molecule has 1 amide bonds. The van der Waals surface area contributed by atoms with Gasteiger partial charge in [0.1, 0.15) is 11.8 Å². The van der Waals surface area contributed by atoms with Gasteiger partial charge in [-0.2, -0.15) is 4.31 Å². The molecule has 1 aliphatic rings. The minimum atomic E-state index is -4.19. The molecule has 3 atom stereocenters. The van der Waals surface area contributed by atoms with Crippen LogP contribution >= 0.6 is 0 Å². The maximum atomic E-state index is 13.5. The van der Waals surface area contributed by atoms with Crippen LogP contribution in [-0.2, 0) is 26.1 Å². The Labute approximate surface area is 174 Å². The van der Waals surface area contributed by atoms with Gasteiger partial charge in [0.2, 0.25) is 10.0 Å². The fourth-order valence-electron chi connectivity index (χ4n) is 3.39. The van der Waals surface area contributed by atoms with E-state index in [1.807, 2.05) is 0 Å². The van der Waals surface area contributed by atoms with Crippen molar-refractivity contribution in [3.8, 4) is 5.75 Å². The molecule has 0 aromatic heterocycles. The average molecular weight is 436 g/mol. The highest BCUT2D eigenvalue weighted by Gasteiger charge is 2.44. The van der Waals surface area contributed by atoms with Crippen molar-refractivity contribution in [2.75, 3.05) is 13.7 Å². The first-order chi connectivity index (χ1) is 14.4. The average Bonchev–Trinajstić information content (AvgIpc) is 3.19. The first kappa shape index (κ1) is 22.2. The summed E-state index contributed by atoms with van der Waals surface area (Å²) < 4.78 is 38.6. The van der Waals surface area contributed by atoms with Crippen LogP contribution < -0.4 is 10.2 Å². The fourth-order valence-corrected chi connectivity index (χ4v) is 4.99. The van der Waals surface area contributed by atoms with E-state index < -0.39 is 34.2 Å². The van der Waals surface area contributed by atoms with E-state index in [1.54, 1.807) is 30.3 Å². The summed E-state index contributed by atoms with van der Waals surface area (Å²) in [6.07, 6.45) is -1.70. The molecule has 162 valence electrons. The smallest absolute Gasteiger partial charge is 0.264 e. The van der Waals surface area contributed by atoms with Gasteiger partial charge in [-0.15, -0.1) is 0 Å². The van der Waals surface area contributed by atoms with Crippen molar-refractivity contribution in [2.24, 2.45) is 0 Å². The molecule has 2 aromatic carbocycles. The summed E-state index contributed by atoms with van der Waals surface area (Å²) in [5.41, 5.74) is 2.18. The number of benzene rings is 2. The first-order valence-corrected chi connectivity index (χ1v) is 10.7. The van der Waals surface area contributed by atoms with Crippen LogP contribution in [0.5, 0.6) is 5.75 Å². The van der Waals surface area contributed by atoms with Crippen LogP contribution in [0, 0.1) is 0 Å². The number of sulfonamides is 1. The van der Waals surface area contributed by atoms with Gasteiger partial charge in [0.25, 0.3) is 5.91 Å². The third-order valence-electron chi connectivity index (χ3n) is 4.90. The fraction of sp³-hybridized carbons (Fsp3) is 0.350. The highest BCUT2D eigenvalue weighted by Crippen LogP contribution is 2.28. The number of aliphatic hydroxyl groups excluding tert-OH is 1. The topological polar surface area (TPSA) is 125 Å².